The van der Waals surface area contributed by atoms with Gasteiger partial charge in [0, 0.05) is 9.79 Å². The number of ether oxygens (including phenoxy) is 1. The molecule has 0 fully saturated rings. The zero-order chi connectivity index (χ0) is 15.7. The Balaban J connectivity index is 1.89. The van der Waals surface area contributed by atoms with Crippen molar-refractivity contribution < 1.29 is 13.9 Å². The number of rotatable bonds is 3. The average molecular weight is 316 g/mol. The first kappa shape index (κ1) is 15.1. The molecule has 0 saturated heterocycles. The molecule has 4 heteroatoms. The molecule has 0 N–H and O–H groups in total. The number of carbonyl (C=O) groups excluding carboxylic acids is 1. The van der Waals surface area contributed by atoms with Gasteiger partial charge in [-0.05, 0) is 61.2 Å². The van der Waals surface area contributed by atoms with Crippen LogP contribution in [-0.2, 0) is 16.0 Å². The van der Waals surface area contributed by atoms with Crippen LogP contribution >= 0.6 is 11.8 Å². The van der Waals surface area contributed by atoms with Gasteiger partial charge in [0.1, 0.15) is 5.82 Å². The van der Waals surface area contributed by atoms with E-state index < -0.39 is 0 Å². The minimum absolute atomic E-state index is 0.209. The third kappa shape index (κ3) is 2.88. The molecule has 3 rings (SSSR count). The lowest BCUT2D eigenvalue weighted by atomic mass is 9.96. The van der Waals surface area contributed by atoms with E-state index in [4.69, 9.17) is 4.74 Å². The van der Waals surface area contributed by atoms with Crippen LogP contribution in [0, 0.1) is 5.82 Å². The molecule has 2 aromatic rings. The summed E-state index contributed by atoms with van der Waals surface area (Å²) in [5.74, 6) is -0.708. The van der Waals surface area contributed by atoms with E-state index in [2.05, 4.69) is 0 Å². The van der Waals surface area contributed by atoms with Crippen LogP contribution in [0.3, 0.4) is 0 Å². The van der Waals surface area contributed by atoms with Crippen LogP contribution in [-0.4, -0.2) is 12.6 Å². The number of halogens is 1. The largest absolute Gasteiger partial charge is 0.466 e. The number of hydrogen-bond acceptors (Lipinski definition) is 3. The standard InChI is InChI=1S/C18H17FO2S/c1-3-21-18(20)11(2)12-4-6-16-13(8-12)9-14-10-15(19)5-7-17(14)22-16/h4-8,10-11H,3,9H2,1-2H3. The van der Waals surface area contributed by atoms with Crippen molar-refractivity contribution >= 4 is 17.7 Å². The predicted octanol–water partition coefficient (Wildman–Crippen LogP) is 4.55. The van der Waals surface area contributed by atoms with Crippen molar-refractivity contribution in [3.05, 3.63) is 58.9 Å². The fraction of sp³-hybridized carbons (Fsp3) is 0.278. The van der Waals surface area contributed by atoms with Crippen molar-refractivity contribution in [3.63, 3.8) is 0 Å². The molecule has 0 saturated carbocycles. The minimum atomic E-state index is -0.288. The van der Waals surface area contributed by atoms with Gasteiger partial charge in [-0.1, -0.05) is 23.9 Å². The molecule has 22 heavy (non-hydrogen) atoms. The van der Waals surface area contributed by atoms with E-state index in [0.29, 0.717) is 13.0 Å². The summed E-state index contributed by atoms with van der Waals surface area (Å²) in [7, 11) is 0. The van der Waals surface area contributed by atoms with Gasteiger partial charge in [0.15, 0.2) is 0 Å². The smallest absolute Gasteiger partial charge is 0.313 e. The molecule has 1 aliphatic heterocycles. The Morgan fingerprint density at radius 1 is 1.23 bits per heavy atom. The molecule has 0 radical (unpaired) electrons. The highest BCUT2D eigenvalue weighted by atomic mass is 32.2. The van der Waals surface area contributed by atoms with Gasteiger partial charge in [-0.3, -0.25) is 4.79 Å². The number of esters is 1. The molecule has 0 bridgehead atoms. The molecule has 0 aliphatic carbocycles. The molecule has 0 aromatic heterocycles. The molecular formula is C18H17FO2S. The van der Waals surface area contributed by atoms with Crippen molar-refractivity contribution in [2.75, 3.05) is 6.61 Å². The predicted molar refractivity (Wildman–Crippen MR) is 84.8 cm³/mol. The Morgan fingerprint density at radius 2 is 1.91 bits per heavy atom. The maximum Gasteiger partial charge on any atom is 0.313 e. The highest BCUT2D eigenvalue weighted by Crippen LogP contribution is 2.40. The molecule has 1 atom stereocenters. The molecule has 1 unspecified atom stereocenters. The molecular weight excluding hydrogens is 299 g/mol. The zero-order valence-corrected chi connectivity index (χ0v) is 13.4. The fourth-order valence-corrected chi connectivity index (χ4v) is 3.65. The normalized spacial score (nSPS) is 14.0. The first-order valence-electron chi connectivity index (χ1n) is 7.34. The maximum atomic E-state index is 13.4. The Hall–Kier alpha value is -1.81. The summed E-state index contributed by atoms with van der Waals surface area (Å²) in [6.45, 7) is 4.04. The molecule has 1 aliphatic rings. The summed E-state index contributed by atoms with van der Waals surface area (Å²) >= 11 is 1.65. The average Bonchev–Trinajstić information content (AvgIpc) is 2.52. The van der Waals surface area contributed by atoms with Crippen molar-refractivity contribution in [2.24, 2.45) is 0 Å². The minimum Gasteiger partial charge on any atom is -0.466 e. The number of carbonyl (C=O) groups is 1. The van der Waals surface area contributed by atoms with Gasteiger partial charge < -0.3 is 4.74 Å². The van der Waals surface area contributed by atoms with Gasteiger partial charge in [0.2, 0.25) is 0 Å². The Labute approximate surface area is 133 Å². The number of benzene rings is 2. The van der Waals surface area contributed by atoms with Crippen LogP contribution in [0.5, 0.6) is 0 Å². The summed E-state index contributed by atoms with van der Waals surface area (Å²) in [5, 5.41) is 0. The fourth-order valence-electron chi connectivity index (χ4n) is 2.62. The zero-order valence-electron chi connectivity index (χ0n) is 12.6. The molecule has 1 heterocycles. The maximum absolute atomic E-state index is 13.4. The molecule has 114 valence electrons. The van der Waals surface area contributed by atoms with Gasteiger partial charge in [0.05, 0.1) is 12.5 Å². The summed E-state index contributed by atoms with van der Waals surface area (Å²) in [5.41, 5.74) is 3.08. The summed E-state index contributed by atoms with van der Waals surface area (Å²) in [4.78, 5) is 14.1. The molecule has 2 nitrogen and oxygen atoms in total. The Morgan fingerprint density at radius 3 is 2.64 bits per heavy atom. The Bertz CT molecular complexity index is 727. The lowest BCUT2D eigenvalue weighted by molar-refractivity contribution is -0.144. The lowest BCUT2D eigenvalue weighted by Gasteiger charge is -2.21. The van der Waals surface area contributed by atoms with Crippen molar-refractivity contribution in [2.45, 2.75) is 36.0 Å². The molecule has 2 aromatic carbocycles. The van der Waals surface area contributed by atoms with Gasteiger partial charge in [-0.2, -0.15) is 0 Å². The molecule has 0 spiro atoms. The van der Waals surface area contributed by atoms with Crippen LogP contribution in [0.15, 0.2) is 46.2 Å². The van der Waals surface area contributed by atoms with E-state index in [9.17, 15) is 9.18 Å². The van der Waals surface area contributed by atoms with E-state index in [0.717, 1.165) is 21.6 Å². The van der Waals surface area contributed by atoms with Crippen LogP contribution in [0.4, 0.5) is 4.39 Å². The topological polar surface area (TPSA) is 26.3 Å². The number of fused-ring (bicyclic) bond motifs is 2. The van der Waals surface area contributed by atoms with E-state index >= 15 is 0 Å². The lowest BCUT2D eigenvalue weighted by Crippen LogP contribution is -2.13. The summed E-state index contributed by atoms with van der Waals surface area (Å²) in [6.07, 6.45) is 0.693. The van der Waals surface area contributed by atoms with Crippen LogP contribution in [0.25, 0.3) is 0 Å². The van der Waals surface area contributed by atoms with Crippen molar-refractivity contribution in [1.82, 2.24) is 0 Å². The first-order chi connectivity index (χ1) is 10.6. The quantitative estimate of drug-likeness (QED) is 0.663. The second-order valence-electron chi connectivity index (χ2n) is 5.37. The van der Waals surface area contributed by atoms with Crippen molar-refractivity contribution in [1.29, 1.82) is 0 Å². The Kier molecular flexibility index (Phi) is 4.21. The van der Waals surface area contributed by atoms with Gasteiger partial charge in [-0.15, -0.1) is 0 Å². The van der Waals surface area contributed by atoms with E-state index in [1.165, 1.54) is 11.0 Å². The first-order valence-corrected chi connectivity index (χ1v) is 8.16. The third-order valence-corrected chi connectivity index (χ3v) is 5.08. The summed E-state index contributed by atoms with van der Waals surface area (Å²) < 4.78 is 18.5. The third-order valence-electron chi connectivity index (χ3n) is 3.85. The van der Waals surface area contributed by atoms with E-state index in [-0.39, 0.29) is 17.7 Å². The van der Waals surface area contributed by atoms with Crippen molar-refractivity contribution in [3.8, 4) is 0 Å². The van der Waals surface area contributed by atoms with E-state index in [1.807, 2.05) is 31.2 Å². The summed E-state index contributed by atoms with van der Waals surface area (Å²) in [6, 6.07) is 11.0. The molecule has 0 amide bonds. The van der Waals surface area contributed by atoms with Gasteiger partial charge >= 0.3 is 5.97 Å². The van der Waals surface area contributed by atoms with Crippen LogP contribution in [0.2, 0.25) is 0 Å². The van der Waals surface area contributed by atoms with E-state index in [1.54, 1.807) is 24.8 Å². The van der Waals surface area contributed by atoms with Crippen LogP contribution in [0.1, 0.15) is 36.5 Å². The van der Waals surface area contributed by atoms with Gasteiger partial charge in [0.25, 0.3) is 0 Å². The second kappa shape index (κ2) is 6.13. The second-order valence-corrected chi connectivity index (χ2v) is 6.46. The monoisotopic (exact) mass is 316 g/mol. The highest BCUT2D eigenvalue weighted by Gasteiger charge is 2.21. The van der Waals surface area contributed by atoms with Crippen LogP contribution < -0.4 is 0 Å². The highest BCUT2D eigenvalue weighted by molar-refractivity contribution is 7.99. The SMILES string of the molecule is CCOC(=O)C(C)c1ccc2c(c1)Cc1cc(F)ccc1S2. The van der Waals surface area contributed by atoms with Gasteiger partial charge in [-0.25, -0.2) is 4.39 Å². The number of hydrogen-bond donors (Lipinski definition) is 0.